The molecule has 196 valence electrons. The number of aromatic nitrogens is 2. The number of nitrogens with zero attached hydrogens (tertiary/aromatic N) is 5. The Morgan fingerprint density at radius 1 is 1.16 bits per heavy atom. The Morgan fingerprint density at radius 3 is 2.73 bits per heavy atom. The highest BCUT2D eigenvalue weighted by Gasteiger charge is 2.51. The summed E-state index contributed by atoms with van der Waals surface area (Å²) in [5.41, 5.74) is 2.61. The van der Waals surface area contributed by atoms with Crippen LogP contribution in [0.3, 0.4) is 0 Å². The number of carbonyl (C=O) groups is 1. The minimum atomic E-state index is -2.99. The van der Waals surface area contributed by atoms with Crippen LogP contribution in [0.1, 0.15) is 18.4 Å². The van der Waals surface area contributed by atoms with Crippen molar-refractivity contribution in [1.82, 2.24) is 20.2 Å². The molecular formula is C25H28F3N7O2. The predicted molar refractivity (Wildman–Crippen MR) is 132 cm³/mol. The van der Waals surface area contributed by atoms with Crippen molar-refractivity contribution in [2.75, 3.05) is 62.0 Å². The van der Waals surface area contributed by atoms with E-state index in [-0.39, 0.29) is 30.1 Å². The summed E-state index contributed by atoms with van der Waals surface area (Å²) < 4.78 is 50.0. The lowest BCUT2D eigenvalue weighted by Crippen LogP contribution is -2.49. The third-order valence-electron chi connectivity index (χ3n) is 7.36. The Bertz CT molecular complexity index is 1280. The number of halogens is 3. The zero-order chi connectivity index (χ0) is 25.9. The Hall–Kier alpha value is -3.70. The number of ether oxygens (including phenoxy) is 1. The van der Waals surface area contributed by atoms with Crippen molar-refractivity contribution >= 4 is 34.7 Å². The van der Waals surface area contributed by atoms with Gasteiger partial charge in [0.1, 0.15) is 5.76 Å². The molecule has 9 nitrogen and oxygen atoms in total. The number of carbonyl (C=O) groups excluding carboxylic acids is 1. The van der Waals surface area contributed by atoms with Crippen LogP contribution in [0.5, 0.6) is 0 Å². The maximum atomic E-state index is 14.9. The molecule has 1 saturated carbocycles. The normalized spacial score (nSPS) is 23.1. The average molecular weight is 516 g/mol. The zero-order valence-electron chi connectivity index (χ0n) is 20.6. The zero-order valence-corrected chi connectivity index (χ0v) is 20.6. The number of piperazine rings is 1. The molecular weight excluding hydrogens is 487 g/mol. The molecule has 1 aliphatic carbocycles. The van der Waals surface area contributed by atoms with Crippen LogP contribution in [0, 0.1) is 11.7 Å². The number of benzene rings is 1. The number of rotatable bonds is 4. The fourth-order valence-corrected chi connectivity index (χ4v) is 5.04. The second kappa shape index (κ2) is 8.70. The maximum Gasteiger partial charge on any atom is 0.301 e. The number of alkyl halides is 2. The van der Waals surface area contributed by atoms with E-state index in [2.05, 4.69) is 20.6 Å². The van der Waals surface area contributed by atoms with Gasteiger partial charge < -0.3 is 30.1 Å². The van der Waals surface area contributed by atoms with E-state index in [0.29, 0.717) is 42.3 Å². The molecule has 2 aromatic rings. The van der Waals surface area contributed by atoms with Gasteiger partial charge in [0.15, 0.2) is 18.2 Å². The van der Waals surface area contributed by atoms with E-state index in [1.165, 1.54) is 0 Å². The van der Waals surface area contributed by atoms with Gasteiger partial charge in [-0.05, 0) is 37.0 Å². The number of anilines is 4. The molecule has 2 N–H and O–H groups in total. The summed E-state index contributed by atoms with van der Waals surface area (Å²) in [5.74, 6) is -3.12. The van der Waals surface area contributed by atoms with Crippen LogP contribution in [-0.4, -0.2) is 79.6 Å². The lowest BCUT2D eigenvalue weighted by molar-refractivity contribution is -0.129. The highest BCUT2D eigenvalue weighted by atomic mass is 19.3. The number of amides is 1. The first-order valence-corrected chi connectivity index (χ1v) is 12.3. The minimum absolute atomic E-state index is 0.0397. The molecule has 1 aromatic heterocycles. The Morgan fingerprint density at radius 2 is 1.97 bits per heavy atom. The second-order valence-electron chi connectivity index (χ2n) is 10.1. The van der Waals surface area contributed by atoms with Gasteiger partial charge >= 0.3 is 5.92 Å². The van der Waals surface area contributed by atoms with E-state index in [1.807, 2.05) is 18.0 Å². The van der Waals surface area contributed by atoms with Gasteiger partial charge in [-0.15, -0.1) is 0 Å². The van der Waals surface area contributed by atoms with Crippen LogP contribution < -0.4 is 20.4 Å². The number of hydrogen-bond acceptors (Lipinski definition) is 8. The summed E-state index contributed by atoms with van der Waals surface area (Å²) in [5, 5.41) is 6.12. The van der Waals surface area contributed by atoms with Crippen LogP contribution >= 0.6 is 0 Å². The fourth-order valence-electron chi connectivity index (χ4n) is 5.04. The monoisotopic (exact) mass is 515 g/mol. The molecule has 4 heterocycles. The lowest BCUT2D eigenvalue weighted by Gasteiger charge is -2.32. The number of nitrogens with one attached hydrogen (secondary N) is 2. The first kappa shape index (κ1) is 23.7. The van der Waals surface area contributed by atoms with Gasteiger partial charge in [-0.3, -0.25) is 4.79 Å². The number of fused-ring (bicyclic) bond motifs is 2. The van der Waals surface area contributed by atoms with Crippen LogP contribution in [-0.2, 0) is 9.53 Å². The largest absolute Gasteiger partial charge is 0.487 e. The summed E-state index contributed by atoms with van der Waals surface area (Å²) in [6, 6.07) is 4.43. The Labute approximate surface area is 212 Å². The first-order chi connectivity index (χ1) is 17.7. The van der Waals surface area contributed by atoms with Crippen molar-refractivity contribution in [2.24, 2.45) is 5.92 Å². The molecule has 3 aliphatic heterocycles. The van der Waals surface area contributed by atoms with Crippen molar-refractivity contribution in [3.8, 4) is 0 Å². The van der Waals surface area contributed by atoms with Crippen LogP contribution in [0.25, 0.3) is 5.70 Å². The third-order valence-corrected chi connectivity index (χ3v) is 7.36. The molecule has 0 radical (unpaired) electrons. The average Bonchev–Trinajstić information content (AvgIpc) is 3.71. The number of likely N-dealkylation sites (N-methyl/N-ethyl adjacent to an activating group) is 2. The van der Waals surface area contributed by atoms with Crippen molar-refractivity contribution in [3.63, 3.8) is 0 Å². The van der Waals surface area contributed by atoms with Gasteiger partial charge in [0, 0.05) is 44.1 Å². The van der Waals surface area contributed by atoms with Crippen molar-refractivity contribution in [2.45, 2.75) is 24.8 Å². The molecule has 0 spiro atoms. The topological polar surface area (TPSA) is 85.9 Å². The molecule has 0 bridgehead atoms. The van der Waals surface area contributed by atoms with E-state index in [9.17, 15) is 18.0 Å². The molecule has 1 atom stereocenters. The van der Waals surface area contributed by atoms with Crippen molar-refractivity contribution in [3.05, 3.63) is 41.5 Å². The second-order valence-corrected chi connectivity index (χ2v) is 10.1. The Kier molecular flexibility index (Phi) is 5.57. The van der Waals surface area contributed by atoms with Crippen LogP contribution in [0.15, 0.2) is 30.2 Å². The van der Waals surface area contributed by atoms with Gasteiger partial charge in [0.2, 0.25) is 11.9 Å². The molecule has 6 rings (SSSR count). The molecule has 12 heteroatoms. The van der Waals surface area contributed by atoms with Crippen molar-refractivity contribution in [1.29, 1.82) is 0 Å². The molecule has 1 saturated heterocycles. The van der Waals surface area contributed by atoms with Gasteiger partial charge in [-0.2, -0.15) is 4.98 Å². The summed E-state index contributed by atoms with van der Waals surface area (Å²) in [6.07, 6.45) is 2.60. The van der Waals surface area contributed by atoms with Crippen LogP contribution in [0.2, 0.25) is 0 Å². The van der Waals surface area contributed by atoms with Gasteiger partial charge in [-0.25, -0.2) is 18.2 Å². The van der Waals surface area contributed by atoms with E-state index in [1.54, 1.807) is 29.0 Å². The molecule has 37 heavy (non-hydrogen) atoms. The van der Waals surface area contributed by atoms with Gasteiger partial charge in [0.05, 0.1) is 31.0 Å². The van der Waals surface area contributed by atoms with Crippen molar-refractivity contribution < 1.29 is 22.7 Å². The van der Waals surface area contributed by atoms with Gasteiger partial charge in [0.25, 0.3) is 0 Å². The molecule has 4 aliphatic rings. The maximum absolute atomic E-state index is 14.9. The van der Waals surface area contributed by atoms with Crippen LogP contribution in [0.4, 0.5) is 36.3 Å². The summed E-state index contributed by atoms with van der Waals surface area (Å²) in [4.78, 5) is 25.8. The molecule has 0 unspecified atom stereocenters. The number of hydrogen-bond donors (Lipinski definition) is 2. The quantitative estimate of drug-likeness (QED) is 0.643. The first-order valence-electron chi connectivity index (χ1n) is 12.3. The van der Waals surface area contributed by atoms with E-state index >= 15 is 0 Å². The SMILES string of the molecule is CN1CCN(c2ncc(F)c(Nc3ccc4c(c3)C3=C(CN4C)OCC(F)(F)[C@H](C4CC4)N3)n2)CC1=O. The predicted octanol–water partition coefficient (Wildman–Crippen LogP) is 2.79. The summed E-state index contributed by atoms with van der Waals surface area (Å²) >= 11 is 0. The highest BCUT2D eigenvalue weighted by Crippen LogP contribution is 2.45. The van der Waals surface area contributed by atoms with E-state index < -0.39 is 24.4 Å². The van der Waals surface area contributed by atoms with E-state index in [0.717, 1.165) is 24.7 Å². The Balaban J connectivity index is 1.30. The van der Waals surface area contributed by atoms with Gasteiger partial charge in [-0.1, -0.05) is 0 Å². The van der Waals surface area contributed by atoms with E-state index in [4.69, 9.17) is 4.74 Å². The third kappa shape index (κ3) is 4.38. The molecule has 1 amide bonds. The molecule has 1 aromatic carbocycles. The minimum Gasteiger partial charge on any atom is -0.487 e. The lowest BCUT2D eigenvalue weighted by atomic mass is 10.00. The smallest absolute Gasteiger partial charge is 0.301 e. The highest BCUT2D eigenvalue weighted by molar-refractivity contribution is 5.84. The summed E-state index contributed by atoms with van der Waals surface area (Å²) in [7, 11) is 3.60. The fraction of sp³-hybridized carbons (Fsp3) is 0.480. The molecule has 2 fully saturated rings. The summed E-state index contributed by atoms with van der Waals surface area (Å²) in [6.45, 7) is 0.873. The standard InChI is InChI=1S/C25H28F3N7O2/c1-33-7-8-35(12-20(33)36)24-29-10-17(26)23(32-24)30-15-5-6-18-16(9-15)21-19(11-34(18)2)37-13-25(27,28)22(31-21)14-3-4-14/h5-6,9-10,14,22,31H,3-4,7-8,11-13H2,1-2H3,(H,29,30,32)/t22-/m0/s1.